The second kappa shape index (κ2) is 6.22. The van der Waals surface area contributed by atoms with E-state index in [0.717, 1.165) is 12.8 Å². The fourth-order valence-corrected chi connectivity index (χ4v) is 3.38. The van der Waals surface area contributed by atoms with E-state index in [9.17, 15) is 8.42 Å². The van der Waals surface area contributed by atoms with Gasteiger partial charge in [0.15, 0.2) is 0 Å². The van der Waals surface area contributed by atoms with Crippen LogP contribution in [0.15, 0.2) is 23.1 Å². The molecule has 108 valence electrons. The second-order valence-corrected chi connectivity index (χ2v) is 6.51. The number of nitrogens with zero attached hydrogens (tertiary/aromatic N) is 1. The Kier molecular flexibility index (Phi) is 4.60. The first-order valence-electron chi connectivity index (χ1n) is 6.40. The number of nitrogen functional groups attached to an aromatic ring is 1. The quantitative estimate of drug-likeness (QED) is 0.801. The van der Waals surface area contributed by atoms with E-state index in [1.165, 1.54) is 18.2 Å². The molecule has 0 bridgehead atoms. The fraction of sp³-hybridized carbons (Fsp3) is 0.462. The summed E-state index contributed by atoms with van der Waals surface area (Å²) in [5, 5.41) is 9.01. The van der Waals surface area contributed by atoms with Gasteiger partial charge >= 0.3 is 0 Å². The van der Waals surface area contributed by atoms with Crippen molar-refractivity contribution < 1.29 is 13.2 Å². The first kappa shape index (κ1) is 14.8. The average molecular weight is 295 g/mol. The Balaban J connectivity index is 2.12. The van der Waals surface area contributed by atoms with Gasteiger partial charge in [0.2, 0.25) is 10.0 Å². The van der Waals surface area contributed by atoms with E-state index < -0.39 is 10.0 Å². The molecule has 0 amide bonds. The van der Waals surface area contributed by atoms with Crippen molar-refractivity contribution in [1.29, 1.82) is 5.26 Å². The van der Waals surface area contributed by atoms with Gasteiger partial charge in [0, 0.05) is 25.4 Å². The van der Waals surface area contributed by atoms with Crippen LogP contribution in [0, 0.1) is 17.2 Å². The highest BCUT2D eigenvalue weighted by atomic mass is 32.2. The minimum Gasteiger partial charge on any atom is -0.399 e. The van der Waals surface area contributed by atoms with Crippen molar-refractivity contribution in [2.45, 2.75) is 17.7 Å². The molecule has 0 saturated carbocycles. The molecule has 1 saturated heterocycles. The summed E-state index contributed by atoms with van der Waals surface area (Å²) in [4.78, 5) is -0.0266. The van der Waals surface area contributed by atoms with Crippen LogP contribution >= 0.6 is 0 Å². The van der Waals surface area contributed by atoms with Gasteiger partial charge in [-0.25, -0.2) is 13.1 Å². The van der Waals surface area contributed by atoms with Gasteiger partial charge in [-0.2, -0.15) is 5.26 Å². The van der Waals surface area contributed by atoms with Crippen LogP contribution in [0.3, 0.4) is 0 Å². The van der Waals surface area contributed by atoms with Crippen LogP contribution in [0.2, 0.25) is 0 Å². The third-order valence-electron chi connectivity index (χ3n) is 3.32. The van der Waals surface area contributed by atoms with Crippen LogP contribution in [-0.4, -0.2) is 28.2 Å². The monoisotopic (exact) mass is 295 g/mol. The summed E-state index contributed by atoms with van der Waals surface area (Å²) in [5.74, 6) is 0.276. The smallest absolute Gasteiger partial charge is 0.241 e. The number of sulfonamides is 1. The topological polar surface area (TPSA) is 105 Å². The molecule has 1 aromatic rings. The molecule has 0 radical (unpaired) electrons. The van der Waals surface area contributed by atoms with Crippen molar-refractivity contribution in [2.24, 2.45) is 5.92 Å². The molecule has 1 aliphatic heterocycles. The molecule has 7 heteroatoms. The largest absolute Gasteiger partial charge is 0.399 e. The van der Waals surface area contributed by atoms with Gasteiger partial charge < -0.3 is 10.5 Å². The molecule has 3 N–H and O–H groups in total. The lowest BCUT2D eigenvalue weighted by Crippen LogP contribution is -2.32. The van der Waals surface area contributed by atoms with Gasteiger partial charge in [0.1, 0.15) is 6.07 Å². The van der Waals surface area contributed by atoms with E-state index in [2.05, 4.69) is 4.72 Å². The summed E-state index contributed by atoms with van der Waals surface area (Å²) in [6.07, 6.45) is 1.69. The van der Waals surface area contributed by atoms with E-state index in [0.29, 0.717) is 25.4 Å². The number of ether oxygens (including phenoxy) is 1. The number of rotatable bonds is 4. The summed E-state index contributed by atoms with van der Waals surface area (Å²) < 4.78 is 32.3. The summed E-state index contributed by atoms with van der Waals surface area (Å²) in [6, 6.07) is 6.06. The lowest BCUT2D eigenvalue weighted by atomic mass is 10.0. The van der Waals surface area contributed by atoms with E-state index in [1.807, 2.05) is 6.07 Å². The Bertz CT molecular complexity index is 616. The van der Waals surface area contributed by atoms with Gasteiger partial charge in [-0.1, -0.05) is 0 Å². The van der Waals surface area contributed by atoms with Crippen LogP contribution in [0.4, 0.5) is 5.69 Å². The summed E-state index contributed by atoms with van der Waals surface area (Å²) in [7, 11) is -3.69. The number of nitriles is 1. The number of anilines is 1. The van der Waals surface area contributed by atoms with Crippen molar-refractivity contribution in [2.75, 3.05) is 25.5 Å². The van der Waals surface area contributed by atoms with Gasteiger partial charge in [-0.15, -0.1) is 0 Å². The molecular formula is C13H17N3O3S. The number of benzene rings is 1. The summed E-state index contributed by atoms with van der Waals surface area (Å²) in [6.45, 7) is 1.69. The maximum absolute atomic E-state index is 12.2. The van der Waals surface area contributed by atoms with Gasteiger partial charge in [0.05, 0.1) is 10.5 Å². The van der Waals surface area contributed by atoms with Crippen LogP contribution in [0.1, 0.15) is 18.4 Å². The zero-order chi connectivity index (χ0) is 14.6. The first-order valence-corrected chi connectivity index (χ1v) is 7.88. The Labute approximate surface area is 118 Å². The predicted octanol–water partition coefficient (Wildman–Crippen LogP) is 0.845. The van der Waals surface area contributed by atoms with E-state index in [1.54, 1.807) is 0 Å². The minimum atomic E-state index is -3.69. The molecule has 6 nitrogen and oxygen atoms in total. The third kappa shape index (κ3) is 3.48. The molecule has 0 aliphatic carbocycles. The van der Waals surface area contributed by atoms with Crippen molar-refractivity contribution in [3.8, 4) is 6.07 Å². The van der Waals surface area contributed by atoms with Crippen molar-refractivity contribution in [1.82, 2.24) is 4.72 Å². The van der Waals surface area contributed by atoms with Crippen molar-refractivity contribution in [3.63, 3.8) is 0 Å². The lowest BCUT2D eigenvalue weighted by molar-refractivity contribution is 0.0678. The normalized spacial score (nSPS) is 16.8. The van der Waals surface area contributed by atoms with Crippen molar-refractivity contribution in [3.05, 3.63) is 23.8 Å². The molecule has 20 heavy (non-hydrogen) atoms. The molecule has 1 heterocycles. The average Bonchev–Trinajstić information content (AvgIpc) is 2.46. The number of hydrogen-bond donors (Lipinski definition) is 2. The molecule has 0 aromatic heterocycles. The Morgan fingerprint density at radius 3 is 2.75 bits per heavy atom. The molecule has 0 spiro atoms. The number of nitrogens with one attached hydrogen (secondary N) is 1. The highest BCUT2D eigenvalue weighted by Crippen LogP contribution is 2.19. The van der Waals surface area contributed by atoms with Crippen LogP contribution in [0.5, 0.6) is 0 Å². The molecule has 2 rings (SSSR count). The predicted molar refractivity (Wildman–Crippen MR) is 74.3 cm³/mol. The molecule has 0 atom stereocenters. The van der Waals surface area contributed by atoms with E-state index in [4.69, 9.17) is 15.7 Å². The fourth-order valence-electron chi connectivity index (χ4n) is 2.13. The van der Waals surface area contributed by atoms with Gasteiger partial charge in [0.25, 0.3) is 0 Å². The standard InChI is InChI=1S/C13H17N3O3S/c14-8-11-7-12(15)1-2-13(11)20(17,18)16-9-10-3-5-19-6-4-10/h1-2,7,10,16H,3-6,9,15H2. The SMILES string of the molecule is N#Cc1cc(N)ccc1S(=O)(=O)NCC1CCOCC1. The minimum absolute atomic E-state index is 0.0266. The molecule has 1 aromatic carbocycles. The van der Waals surface area contributed by atoms with Crippen LogP contribution < -0.4 is 10.5 Å². The van der Waals surface area contributed by atoms with Crippen molar-refractivity contribution >= 4 is 15.7 Å². The second-order valence-electron chi connectivity index (χ2n) is 4.78. The van der Waals surface area contributed by atoms with Crippen LogP contribution in [0.25, 0.3) is 0 Å². The summed E-state index contributed by atoms with van der Waals surface area (Å²) in [5.41, 5.74) is 5.98. The first-order chi connectivity index (χ1) is 9.53. The zero-order valence-corrected chi connectivity index (χ0v) is 11.8. The van der Waals surface area contributed by atoms with Gasteiger partial charge in [-0.05, 0) is 37.0 Å². The molecule has 1 fully saturated rings. The highest BCUT2D eigenvalue weighted by Gasteiger charge is 2.21. The lowest BCUT2D eigenvalue weighted by Gasteiger charge is -2.22. The Hall–Kier alpha value is -1.62. The highest BCUT2D eigenvalue weighted by molar-refractivity contribution is 7.89. The Morgan fingerprint density at radius 1 is 1.40 bits per heavy atom. The third-order valence-corrected chi connectivity index (χ3v) is 4.80. The Morgan fingerprint density at radius 2 is 2.10 bits per heavy atom. The summed E-state index contributed by atoms with van der Waals surface area (Å²) >= 11 is 0. The van der Waals surface area contributed by atoms with E-state index >= 15 is 0 Å². The number of hydrogen-bond acceptors (Lipinski definition) is 5. The number of nitrogens with two attached hydrogens (primary N) is 1. The molecular weight excluding hydrogens is 278 g/mol. The zero-order valence-electron chi connectivity index (χ0n) is 11.0. The van der Waals surface area contributed by atoms with Gasteiger partial charge in [-0.3, -0.25) is 0 Å². The molecule has 0 unspecified atom stereocenters. The van der Waals surface area contributed by atoms with Crippen LogP contribution in [-0.2, 0) is 14.8 Å². The van der Waals surface area contributed by atoms with E-state index in [-0.39, 0.29) is 16.4 Å². The maximum Gasteiger partial charge on any atom is 0.241 e. The molecule has 1 aliphatic rings. The maximum atomic E-state index is 12.2.